The summed E-state index contributed by atoms with van der Waals surface area (Å²) in [7, 11) is 4.54. The van der Waals surface area contributed by atoms with Crippen LogP contribution < -0.4 is 20.1 Å². The number of para-hydroxylation sites is 1. The first kappa shape index (κ1) is 17.4. The Kier molecular flexibility index (Phi) is 4.85. The molecule has 1 aromatic heterocycles. The molecular weight excluding hydrogens is 338 g/mol. The SMILES string of the molecule is COc1cc(-c2nc(C(=O)ON)c3ccccc3n2)cc(OC)c1OC. The third-order valence-electron chi connectivity index (χ3n) is 3.83. The number of methoxy groups -OCH3 is 3. The lowest BCUT2D eigenvalue weighted by Gasteiger charge is -2.14. The number of ether oxygens (including phenoxy) is 3. The second kappa shape index (κ2) is 7.24. The molecule has 0 aliphatic carbocycles. The van der Waals surface area contributed by atoms with Gasteiger partial charge in [0.05, 0.1) is 26.8 Å². The maximum atomic E-state index is 12.1. The van der Waals surface area contributed by atoms with Gasteiger partial charge in [0.15, 0.2) is 23.0 Å². The Balaban J connectivity index is 2.27. The van der Waals surface area contributed by atoms with Crippen LogP contribution in [0.1, 0.15) is 10.5 Å². The minimum absolute atomic E-state index is 0.0712. The van der Waals surface area contributed by atoms with Crippen molar-refractivity contribution >= 4 is 16.9 Å². The van der Waals surface area contributed by atoms with Crippen molar-refractivity contribution in [2.24, 2.45) is 5.90 Å². The molecule has 3 rings (SSSR count). The van der Waals surface area contributed by atoms with Crippen LogP contribution in [0.3, 0.4) is 0 Å². The summed E-state index contributed by atoms with van der Waals surface area (Å²) in [5.41, 5.74) is 1.23. The van der Waals surface area contributed by atoms with E-state index >= 15 is 0 Å². The molecule has 0 spiro atoms. The number of nitrogens with two attached hydrogens (primary N) is 1. The van der Waals surface area contributed by atoms with Crippen LogP contribution in [0.15, 0.2) is 36.4 Å². The fourth-order valence-electron chi connectivity index (χ4n) is 2.63. The lowest BCUT2D eigenvalue weighted by atomic mass is 10.1. The molecule has 0 amide bonds. The molecule has 0 aliphatic heterocycles. The van der Waals surface area contributed by atoms with Gasteiger partial charge in [-0.1, -0.05) is 18.2 Å². The van der Waals surface area contributed by atoms with Gasteiger partial charge in [-0.15, -0.1) is 0 Å². The van der Waals surface area contributed by atoms with E-state index < -0.39 is 5.97 Å². The van der Waals surface area contributed by atoms with Gasteiger partial charge in [-0.2, -0.15) is 5.90 Å². The van der Waals surface area contributed by atoms with E-state index in [1.807, 2.05) is 6.07 Å². The van der Waals surface area contributed by atoms with Crippen molar-refractivity contribution in [3.05, 3.63) is 42.1 Å². The molecule has 8 heteroatoms. The molecule has 134 valence electrons. The Morgan fingerprint density at radius 2 is 1.62 bits per heavy atom. The van der Waals surface area contributed by atoms with E-state index in [1.165, 1.54) is 21.3 Å². The molecule has 0 fully saturated rings. The number of carbonyl (C=O) groups excluding carboxylic acids is 1. The Morgan fingerprint density at radius 1 is 0.962 bits per heavy atom. The number of nitrogens with zero attached hydrogens (tertiary/aromatic N) is 2. The molecular formula is C18H17N3O5. The number of fused-ring (bicyclic) bond motifs is 1. The predicted molar refractivity (Wildman–Crippen MR) is 94.2 cm³/mol. The quantitative estimate of drug-likeness (QED) is 0.695. The topological polar surface area (TPSA) is 106 Å². The molecule has 0 unspecified atom stereocenters. The van der Waals surface area contributed by atoms with Crippen molar-refractivity contribution < 1.29 is 23.8 Å². The molecule has 0 aliphatic rings. The third-order valence-corrected chi connectivity index (χ3v) is 3.83. The monoisotopic (exact) mass is 355 g/mol. The minimum Gasteiger partial charge on any atom is -0.493 e. The Hall–Kier alpha value is -3.39. The Morgan fingerprint density at radius 3 is 2.19 bits per heavy atom. The summed E-state index contributed by atoms with van der Waals surface area (Å²) in [6, 6.07) is 10.5. The first-order chi connectivity index (χ1) is 12.6. The zero-order valence-electron chi connectivity index (χ0n) is 14.5. The van der Waals surface area contributed by atoms with Crippen molar-refractivity contribution in [1.29, 1.82) is 0 Å². The highest BCUT2D eigenvalue weighted by atomic mass is 16.7. The molecule has 26 heavy (non-hydrogen) atoms. The number of aromatic nitrogens is 2. The number of hydrogen-bond acceptors (Lipinski definition) is 8. The summed E-state index contributed by atoms with van der Waals surface area (Å²) in [6.07, 6.45) is 0. The van der Waals surface area contributed by atoms with Gasteiger partial charge in [0.1, 0.15) is 0 Å². The lowest BCUT2D eigenvalue weighted by Crippen LogP contribution is -2.13. The van der Waals surface area contributed by atoms with Crippen LogP contribution in [0.2, 0.25) is 0 Å². The van der Waals surface area contributed by atoms with E-state index in [1.54, 1.807) is 30.3 Å². The number of benzene rings is 2. The summed E-state index contributed by atoms with van der Waals surface area (Å²) in [5.74, 6) is 5.93. The molecule has 2 N–H and O–H groups in total. The fraction of sp³-hybridized carbons (Fsp3) is 0.167. The fourth-order valence-corrected chi connectivity index (χ4v) is 2.63. The number of carbonyl (C=O) groups is 1. The van der Waals surface area contributed by atoms with Crippen LogP contribution in [0, 0.1) is 0 Å². The molecule has 0 saturated heterocycles. The van der Waals surface area contributed by atoms with Gasteiger partial charge < -0.3 is 19.0 Å². The molecule has 3 aromatic rings. The average molecular weight is 355 g/mol. The molecule has 0 bridgehead atoms. The highest BCUT2D eigenvalue weighted by molar-refractivity contribution is 6.02. The molecule has 0 radical (unpaired) electrons. The van der Waals surface area contributed by atoms with E-state index in [9.17, 15) is 4.79 Å². The largest absolute Gasteiger partial charge is 0.493 e. The van der Waals surface area contributed by atoms with E-state index in [0.29, 0.717) is 39.5 Å². The molecule has 8 nitrogen and oxygen atoms in total. The summed E-state index contributed by atoms with van der Waals surface area (Å²) in [4.78, 5) is 25.3. The van der Waals surface area contributed by atoms with Crippen molar-refractivity contribution in [3.63, 3.8) is 0 Å². The van der Waals surface area contributed by atoms with Crippen molar-refractivity contribution in [1.82, 2.24) is 9.97 Å². The van der Waals surface area contributed by atoms with Gasteiger partial charge in [0.2, 0.25) is 5.75 Å². The van der Waals surface area contributed by atoms with Crippen molar-refractivity contribution in [2.75, 3.05) is 21.3 Å². The van der Waals surface area contributed by atoms with Crippen LogP contribution in [-0.4, -0.2) is 37.3 Å². The first-order valence-electron chi connectivity index (χ1n) is 7.61. The van der Waals surface area contributed by atoms with E-state index in [-0.39, 0.29) is 5.69 Å². The van der Waals surface area contributed by atoms with Crippen molar-refractivity contribution in [2.45, 2.75) is 0 Å². The molecule has 2 aromatic carbocycles. The van der Waals surface area contributed by atoms with E-state index in [4.69, 9.17) is 20.1 Å². The highest BCUT2D eigenvalue weighted by Crippen LogP contribution is 2.40. The number of rotatable bonds is 5. The first-order valence-corrected chi connectivity index (χ1v) is 7.61. The summed E-state index contributed by atoms with van der Waals surface area (Å²) >= 11 is 0. The van der Waals surface area contributed by atoms with Crippen LogP contribution >= 0.6 is 0 Å². The molecule has 1 heterocycles. The summed E-state index contributed by atoms with van der Waals surface area (Å²) < 4.78 is 16.0. The zero-order valence-corrected chi connectivity index (χ0v) is 14.5. The standard InChI is InChI=1S/C18H17N3O5/c1-23-13-8-10(9-14(24-2)16(13)25-3)17-20-12-7-5-4-6-11(12)15(21-17)18(22)26-19/h4-9H,19H2,1-3H3. The Labute approximate surface area is 149 Å². The highest BCUT2D eigenvalue weighted by Gasteiger charge is 2.19. The van der Waals surface area contributed by atoms with Gasteiger partial charge in [-0.05, 0) is 18.2 Å². The second-order valence-electron chi connectivity index (χ2n) is 5.23. The van der Waals surface area contributed by atoms with Gasteiger partial charge in [0.25, 0.3) is 0 Å². The summed E-state index contributed by atoms with van der Waals surface area (Å²) in [6.45, 7) is 0. The van der Waals surface area contributed by atoms with Crippen LogP contribution in [0.4, 0.5) is 0 Å². The average Bonchev–Trinajstić information content (AvgIpc) is 2.70. The maximum absolute atomic E-state index is 12.1. The maximum Gasteiger partial charge on any atom is 0.376 e. The van der Waals surface area contributed by atoms with Gasteiger partial charge >= 0.3 is 5.97 Å². The van der Waals surface area contributed by atoms with Crippen LogP contribution in [-0.2, 0) is 4.84 Å². The summed E-state index contributed by atoms with van der Waals surface area (Å²) in [5, 5.41) is 0.541. The molecule has 0 saturated carbocycles. The Bertz CT molecular complexity index is 949. The van der Waals surface area contributed by atoms with E-state index in [2.05, 4.69) is 14.8 Å². The van der Waals surface area contributed by atoms with Gasteiger partial charge in [-0.25, -0.2) is 14.8 Å². The predicted octanol–water partition coefficient (Wildman–Crippen LogP) is 2.35. The lowest BCUT2D eigenvalue weighted by molar-refractivity contribution is 0.0499. The smallest absolute Gasteiger partial charge is 0.376 e. The van der Waals surface area contributed by atoms with Gasteiger partial charge in [-0.3, -0.25) is 0 Å². The minimum atomic E-state index is -0.753. The normalized spacial score (nSPS) is 10.5. The number of hydrogen-bond donors (Lipinski definition) is 1. The van der Waals surface area contributed by atoms with E-state index in [0.717, 1.165) is 0 Å². The van der Waals surface area contributed by atoms with Crippen LogP contribution in [0.5, 0.6) is 17.2 Å². The second-order valence-corrected chi connectivity index (χ2v) is 5.23. The van der Waals surface area contributed by atoms with Crippen LogP contribution in [0.25, 0.3) is 22.3 Å². The zero-order chi connectivity index (χ0) is 18.7. The van der Waals surface area contributed by atoms with Crippen molar-refractivity contribution in [3.8, 4) is 28.6 Å². The molecule has 0 atom stereocenters. The van der Waals surface area contributed by atoms with Gasteiger partial charge in [0, 0.05) is 10.9 Å². The third kappa shape index (κ3) is 2.98.